The van der Waals surface area contributed by atoms with E-state index in [1.165, 1.54) is 0 Å². The van der Waals surface area contributed by atoms with Crippen LogP contribution in [0.3, 0.4) is 0 Å². The van der Waals surface area contributed by atoms with Gasteiger partial charge < -0.3 is 5.73 Å². The summed E-state index contributed by atoms with van der Waals surface area (Å²) in [6.45, 7) is -0.528. The molecule has 0 spiro atoms. The lowest BCUT2D eigenvalue weighted by molar-refractivity contribution is 0.158. The predicted molar refractivity (Wildman–Crippen MR) is 22.3 cm³/mol. The Morgan fingerprint density at radius 1 is 1.50 bits per heavy atom. The molecule has 0 saturated heterocycles. The highest BCUT2D eigenvalue weighted by atomic mass is 35.5. The van der Waals surface area contributed by atoms with Gasteiger partial charge in [0.25, 0.3) is 6.43 Å². The molecule has 0 aliphatic rings. The minimum Gasteiger partial charge on any atom is -0.325 e. The normalized spacial score (nSPS) is 8.00. The van der Waals surface area contributed by atoms with Gasteiger partial charge in [0, 0.05) is 0 Å². The summed E-state index contributed by atoms with van der Waals surface area (Å²) in [5, 5.41) is 0. The second kappa shape index (κ2) is 5.11. The van der Waals surface area contributed by atoms with Crippen LogP contribution >= 0.6 is 12.4 Å². The lowest BCUT2D eigenvalue weighted by atomic mass is 10.7. The molecular formula is C2H6ClF2N. The molecule has 6 heavy (non-hydrogen) atoms. The molecule has 40 valence electrons. The largest absolute Gasteiger partial charge is 0.325 e. The average molecular weight is 118 g/mol. The monoisotopic (exact) mass is 117 g/mol. The van der Waals surface area contributed by atoms with Crippen molar-refractivity contribution < 1.29 is 8.78 Å². The Kier molecular flexibility index (Phi) is 8.04. The number of rotatable bonds is 1. The van der Waals surface area contributed by atoms with E-state index in [2.05, 4.69) is 5.73 Å². The number of halogens is 3. The summed E-state index contributed by atoms with van der Waals surface area (Å²) < 4.78 is 21.3. The number of hydrogen-bond acceptors (Lipinski definition) is 1. The van der Waals surface area contributed by atoms with Crippen LogP contribution in [0.15, 0.2) is 0 Å². The SMILES string of the molecule is Cl.NCC(F)F. The fourth-order valence-electron chi connectivity index (χ4n) is 0. The predicted octanol–water partition coefficient (Wildman–Crippen LogP) is 0.632. The first-order chi connectivity index (χ1) is 2.27. The van der Waals surface area contributed by atoms with E-state index in [-0.39, 0.29) is 12.4 Å². The average Bonchev–Trinajstić information content (AvgIpc) is 1.38. The molecule has 0 radical (unpaired) electrons. The molecule has 1 nitrogen and oxygen atoms in total. The molecule has 0 rings (SSSR count). The van der Waals surface area contributed by atoms with E-state index < -0.39 is 13.0 Å². The van der Waals surface area contributed by atoms with Crippen molar-refractivity contribution in [2.24, 2.45) is 5.73 Å². The molecule has 0 aromatic heterocycles. The van der Waals surface area contributed by atoms with Crippen LogP contribution in [-0.2, 0) is 0 Å². The molecule has 0 heterocycles. The van der Waals surface area contributed by atoms with Gasteiger partial charge in [0.05, 0.1) is 6.54 Å². The second-order valence-corrected chi connectivity index (χ2v) is 0.627. The third-order valence-electron chi connectivity index (χ3n) is 0.178. The molecule has 2 N–H and O–H groups in total. The number of alkyl halides is 2. The molecule has 0 aromatic rings. The summed E-state index contributed by atoms with van der Waals surface area (Å²) in [7, 11) is 0. The van der Waals surface area contributed by atoms with Crippen LogP contribution in [0.1, 0.15) is 0 Å². The first kappa shape index (κ1) is 9.44. The summed E-state index contributed by atoms with van der Waals surface area (Å²) >= 11 is 0. The highest BCUT2D eigenvalue weighted by molar-refractivity contribution is 5.85. The van der Waals surface area contributed by atoms with Gasteiger partial charge >= 0.3 is 0 Å². The Balaban J connectivity index is 0. The fraction of sp³-hybridized carbons (Fsp3) is 1.00. The van der Waals surface area contributed by atoms with E-state index in [9.17, 15) is 8.78 Å². The van der Waals surface area contributed by atoms with Gasteiger partial charge in [0.1, 0.15) is 0 Å². The second-order valence-electron chi connectivity index (χ2n) is 0.627. The molecule has 0 aliphatic heterocycles. The van der Waals surface area contributed by atoms with Crippen molar-refractivity contribution in [1.29, 1.82) is 0 Å². The van der Waals surface area contributed by atoms with Gasteiger partial charge in [-0.15, -0.1) is 12.4 Å². The molecule has 4 heteroatoms. The van der Waals surface area contributed by atoms with Gasteiger partial charge in [-0.25, -0.2) is 8.78 Å². The van der Waals surface area contributed by atoms with Gasteiger partial charge in [-0.2, -0.15) is 0 Å². The highest BCUT2D eigenvalue weighted by Crippen LogP contribution is 1.82. The molecular weight excluding hydrogens is 111 g/mol. The first-order valence-electron chi connectivity index (χ1n) is 1.25. The first-order valence-corrected chi connectivity index (χ1v) is 1.25. The molecule has 0 bridgehead atoms. The molecule has 0 atom stereocenters. The lowest BCUT2D eigenvalue weighted by Crippen LogP contribution is -2.08. The van der Waals surface area contributed by atoms with Crippen molar-refractivity contribution in [3.05, 3.63) is 0 Å². The quantitative estimate of drug-likeness (QED) is 0.536. The summed E-state index contributed by atoms with van der Waals surface area (Å²) in [5.74, 6) is 0. The van der Waals surface area contributed by atoms with Crippen LogP contribution in [0.25, 0.3) is 0 Å². The van der Waals surface area contributed by atoms with Crippen molar-refractivity contribution in [3.63, 3.8) is 0 Å². The topological polar surface area (TPSA) is 26.0 Å². The maximum absolute atomic E-state index is 10.6. The zero-order valence-electron chi connectivity index (χ0n) is 3.03. The molecule has 0 aromatic carbocycles. The minimum atomic E-state index is -2.34. The van der Waals surface area contributed by atoms with Crippen molar-refractivity contribution in [2.75, 3.05) is 6.54 Å². The van der Waals surface area contributed by atoms with Gasteiger partial charge in [-0.1, -0.05) is 0 Å². The van der Waals surface area contributed by atoms with Gasteiger partial charge in [-0.3, -0.25) is 0 Å². The third-order valence-corrected chi connectivity index (χ3v) is 0.178. The van der Waals surface area contributed by atoms with Crippen LogP contribution in [0.4, 0.5) is 8.78 Å². The summed E-state index contributed by atoms with van der Waals surface area (Å²) in [4.78, 5) is 0. The molecule has 0 aliphatic carbocycles. The Labute approximate surface area is 40.9 Å². The zero-order valence-corrected chi connectivity index (χ0v) is 3.84. The molecule has 0 amide bonds. The standard InChI is InChI=1S/C2H5F2N.ClH/c3-2(4)1-5;/h2H,1,5H2;1H. The van der Waals surface area contributed by atoms with E-state index in [1.54, 1.807) is 0 Å². The van der Waals surface area contributed by atoms with Crippen LogP contribution in [0.2, 0.25) is 0 Å². The van der Waals surface area contributed by atoms with Gasteiger partial charge in [0.15, 0.2) is 0 Å². The Hall–Kier alpha value is 0.110. The van der Waals surface area contributed by atoms with Crippen LogP contribution < -0.4 is 5.73 Å². The smallest absolute Gasteiger partial charge is 0.250 e. The maximum atomic E-state index is 10.6. The van der Waals surface area contributed by atoms with Gasteiger partial charge in [-0.05, 0) is 0 Å². The van der Waals surface area contributed by atoms with E-state index in [0.29, 0.717) is 0 Å². The van der Waals surface area contributed by atoms with E-state index in [0.717, 1.165) is 0 Å². The summed E-state index contributed by atoms with van der Waals surface area (Å²) in [5.41, 5.74) is 4.42. The number of hydrogen-bond donors (Lipinski definition) is 1. The Morgan fingerprint density at radius 2 is 1.67 bits per heavy atom. The van der Waals surface area contributed by atoms with Crippen molar-refractivity contribution in [1.82, 2.24) is 0 Å². The van der Waals surface area contributed by atoms with Crippen LogP contribution in [0, 0.1) is 0 Å². The van der Waals surface area contributed by atoms with Crippen molar-refractivity contribution in [2.45, 2.75) is 6.43 Å². The molecule has 0 unspecified atom stereocenters. The van der Waals surface area contributed by atoms with E-state index in [4.69, 9.17) is 0 Å². The van der Waals surface area contributed by atoms with Crippen molar-refractivity contribution >= 4 is 12.4 Å². The van der Waals surface area contributed by atoms with Crippen LogP contribution in [0.5, 0.6) is 0 Å². The molecule has 0 saturated carbocycles. The maximum Gasteiger partial charge on any atom is 0.250 e. The highest BCUT2D eigenvalue weighted by Gasteiger charge is 1.91. The van der Waals surface area contributed by atoms with Crippen LogP contribution in [-0.4, -0.2) is 13.0 Å². The lowest BCUT2D eigenvalue weighted by Gasteiger charge is -1.82. The van der Waals surface area contributed by atoms with Crippen molar-refractivity contribution in [3.8, 4) is 0 Å². The Bertz CT molecular complexity index is 25.5. The third kappa shape index (κ3) is 8.93. The van der Waals surface area contributed by atoms with E-state index >= 15 is 0 Å². The van der Waals surface area contributed by atoms with Gasteiger partial charge in [0.2, 0.25) is 0 Å². The number of nitrogens with two attached hydrogens (primary N) is 1. The minimum absolute atomic E-state index is 0. The summed E-state index contributed by atoms with van der Waals surface area (Å²) in [6.07, 6.45) is -2.34. The fourth-order valence-corrected chi connectivity index (χ4v) is 0. The zero-order chi connectivity index (χ0) is 4.28. The summed E-state index contributed by atoms with van der Waals surface area (Å²) in [6, 6.07) is 0. The Morgan fingerprint density at radius 3 is 1.67 bits per heavy atom. The van der Waals surface area contributed by atoms with E-state index in [1.807, 2.05) is 0 Å². The molecule has 0 fully saturated rings.